The molecule has 0 aliphatic carbocycles. The monoisotopic (exact) mass is 432 g/mol. The largest absolute Gasteiger partial charge is 0.494 e. The van der Waals surface area contributed by atoms with Crippen molar-refractivity contribution in [2.24, 2.45) is 0 Å². The van der Waals surface area contributed by atoms with E-state index in [4.69, 9.17) is 9.31 Å². The maximum absolute atomic E-state index is 12.8. The number of anilines is 1. The number of aliphatic hydroxyl groups is 1. The predicted molar refractivity (Wildman–Crippen MR) is 118 cm³/mol. The van der Waals surface area contributed by atoms with Gasteiger partial charge in [-0.1, -0.05) is 24.3 Å². The van der Waals surface area contributed by atoms with E-state index in [1.165, 1.54) is 12.1 Å². The number of hydrogen-bond acceptors (Lipinski definition) is 6. The van der Waals surface area contributed by atoms with Gasteiger partial charge in [0.15, 0.2) is 0 Å². The van der Waals surface area contributed by atoms with Crippen LogP contribution in [0.2, 0.25) is 0 Å². The van der Waals surface area contributed by atoms with Gasteiger partial charge in [0, 0.05) is 5.69 Å². The van der Waals surface area contributed by atoms with E-state index in [0.29, 0.717) is 5.69 Å². The van der Waals surface area contributed by atoms with E-state index in [-0.39, 0.29) is 17.5 Å². The fourth-order valence-corrected chi connectivity index (χ4v) is 4.23. The fraction of sp³-hybridized carbons (Fsp3) is 0.429. The van der Waals surface area contributed by atoms with Crippen LogP contribution in [0.3, 0.4) is 0 Å². The van der Waals surface area contributed by atoms with Crippen LogP contribution in [-0.2, 0) is 19.3 Å². The topological polar surface area (TPSA) is 96.9 Å². The molecule has 0 radical (unpaired) electrons. The maximum atomic E-state index is 12.8. The Morgan fingerprint density at radius 3 is 2.17 bits per heavy atom. The highest BCUT2D eigenvalue weighted by molar-refractivity contribution is 7.92. The first kappa shape index (κ1) is 22.8. The third-order valence-corrected chi connectivity index (χ3v) is 7.19. The Morgan fingerprint density at radius 1 is 1.03 bits per heavy atom. The van der Waals surface area contributed by atoms with Crippen molar-refractivity contribution in [1.29, 1.82) is 0 Å². The van der Waals surface area contributed by atoms with Crippen molar-refractivity contribution in [1.82, 2.24) is 5.32 Å². The van der Waals surface area contributed by atoms with Gasteiger partial charge in [0.25, 0.3) is 10.0 Å². The lowest BCUT2D eigenvalue weighted by Gasteiger charge is -2.32. The molecule has 1 aliphatic rings. The van der Waals surface area contributed by atoms with Gasteiger partial charge in [-0.25, -0.2) is 8.42 Å². The van der Waals surface area contributed by atoms with Gasteiger partial charge in [0.05, 0.1) is 28.7 Å². The first-order valence-corrected chi connectivity index (χ1v) is 11.3. The highest BCUT2D eigenvalue weighted by Crippen LogP contribution is 2.36. The Kier molecular flexibility index (Phi) is 6.31. The molecule has 1 heterocycles. The summed E-state index contributed by atoms with van der Waals surface area (Å²) in [5, 5.41) is 12.4. The van der Waals surface area contributed by atoms with Gasteiger partial charge in [0.2, 0.25) is 0 Å². The second-order valence-electron chi connectivity index (χ2n) is 8.41. The number of sulfonamides is 1. The smallest absolute Gasteiger partial charge is 0.399 e. The SMILES string of the molecule is CNC(CO)c1cccc(NS(=O)(=O)c2ccc(B3OC(C)(C)C(C)(C)O3)cc2)c1. The van der Waals surface area contributed by atoms with Gasteiger partial charge in [-0.05, 0) is 70.0 Å². The summed E-state index contributed by atoms with van der Waals surface area (Å²) in [5.74, 6) is 0. The summed E-state index contributed by atoms with van der Waals surface area (Å²) in [6.07, 6.45) is 0. The van der Waals surface area contributed by atoms with Crippen LogP contribution in [0, 0.1) is 0 Å². The van der Waals surface area contributed by atoms with Crippen LogP contribution in [0.4, 0.5) is 5.69 Å². The molecule has 0 aromatic heterocycles. The van der Waals surface area contributed by atoms with Crippen molar-refractivity contribution in [3.8, 4) is 0 Å². The molecule has 1 fully saturated rings. The molecule has 2 aromatic rings. The molecule has 30 heavy (non-hydrogen) atoms. The van der Waals surface area contributed by atoms with Gasteiger partial charge < -0.3 is 19.7 Å². The average Bonchev–Trinajstić information content (AvgIpc) is 2.90. The van der Waals surface area contributed by atoms with Crippen molar-refractivity contribution < 1.29 is 22.8 Å². The number of benzene rings is 2. The minimum absolute atomic E-state index is 0.0902. The van der Waals surface area contributed by atoms with Crippen molar-refractivity contribution in [3.05, 3.63) is 54.1 Å². The van der Waals surface area contributed by atoms with Gasteiger partial charge in [-0.3, -0.25) is 4.72 Å². The Balaban J connectivity index is 1.77. The molecule has 2 aromatic carbocycles. The quantitative estimate of drug-likeness (QED) is 0.580. The summed E-state index contributed by atoms with van der Waals surface area (Å²) in [6.45, 7) is 7.80. The summed E-state index contributed by atoms with van der Waals surface area (Å²) >= 11 is 0. The molecule has 1 saturated heterocycles. The van der Waals surface area contributed by atoms with Crippen LogP contribution in [0.15, 0.2) is 53.4 Å². The highest BCUT2D eigenvalue weighted by atomic mass is 32.2. The molecule has 7 nitrogen and oxygen atoms in total. The summed E-state index contributed by atoms with van der Waals surface area (Å²) in [4.78, 5) is 0.139. The van der Waals surface area contributed by atoms with Crippen LogP contribution in [-0.4, -0.2) is 45.5 Å². The van der Waals surface area contributed by atoms with Crippen molar-refractivity contribution in [2.75, 3.05) is 18.4 Å². The number of hydrogen-bond donors (Lipinski definition) is 3. The second kappa shape index (κ2) is 8.32. The molecular formula is C21H29BN2O5S. The minimum atomic E-state index is -3.77. The number of nitrogens with one attached hydrogen (secondary N) is 2. The molecule has 1 aliphatic heterocycles. The lowest BCUT2D eigenvalue weighted by atomic mass is 9.79. The van der Waals surface area contributed by atoms with Crippen LogP contribution >= 0.6 is 0 Å². The van der Waals surface area contributed by atoms with E-state index in [0.717, 1.165) is 11.0 Å². The first-order chi connectivity index (χ1) is 14.0. The van der Waals surface area contributed by atoms with Gasteiger partial charge in [-0.2, -0.15) is 0 Å². The second-order valence-corrected chi connectivity index (χ2v) is 10.1. The van der Waals surface area contributed by atoms with E-state index >= 15 is 0 Å². The molecule has 1 unspecified atom stereocenters. The van der Waals surface area contributed by atoms with Crippen LogP contribution in [0.25, 0.3) is 0 Å². The van der Waals surface area contributed by atoms with Crippen molar-refractivity contribution in [2.45, 2.75) is 49.8 Å². The summed E-state index contributed by atoms with van der Waals surface area (Å²) in [5.41, 5.74) is 1.05. The standard InChI is InChI=1S/C21H29BN2O5S/c1-20(2)21(3,4)29-22(28-20)16-9-11-18(12-10-16)30(26,27)24-17-8-6-7-15(13-17)19(14-25)23-5/h6-13,19,23-25H,14H2,1-5H3. The Hall–Kier alpha value is -1.91. The van der Waals surface area contributed by atoms with Gasteiger partial charge >= 0.3 is 7.12 Å². The van der Waals surface area contributed by atoms with Crippen LogP contribution < -0.4 is 15.5 Å². The molecule has 0 amide bonds. The van der Waals surface area contributed by atoms with Gasteiger partial charge in [0.1, 0.15) is 0 Å². The predicted octanol–water partition coefficient (Wildman–Crippen LogP) is 2.04. The Morgan fingerprint density at radius 2 is 1.63 bits per heavy atom. The highest BCUT2D eigenvalue weighted by Gasteiger charge is 2.51. The zero-order valence-electron chi connectivity index (χ0n) is 18.0. The number of likely N-dealkylation sites (N-methyl/N-ethyl adjacent to an activating group) is 1. The molecule has 3 rings (SSSR count). The third-order valence-electron chi connectivity index (χ3n) is 5.79. The van der Waals surface area contributed by atoms with E-state index in [2.05, 4.69) is 10.0 Å². The fourth-order valence-electron chi connectivity index (χ4n) is 3.18. The zero-order valence-corrected chi connectivity index (χ0v) is 18.8. The molecule has 0 spiro atoms. The molecule has 0 saturated carbocycles. The molecule has 9 heteroatoms. The minimum Gasteiger partial charge on any atom is -0.399 e. The molecular weight excluding hydrogens is 403 g/mol. The van der Waals surface area contributed by atoms with Crippen molar-refractivity contribution >= 4 is 28.3 Å². The maximum Gasteiger partial charge on any atom is 0.494 e. The third kappa shape index (κ3) is 4.55. The summed E-state index contributed by atoms with van der Waals surface area (Å²) in [6, 6.07) is 13.2. The van der Waals surface area contributed by atoms with Crippen LogP contribution in [0.1, 0.15) is 39.3 Å². The molecule has 3 N–H and O–H groups in total. The number of rotatable bonds is 7. The van der Waals surface area contributed by atoms with Crippen molar-refractivity contribution in [3.63, 3.8) is 0 Å². The summed E-state index contributed by atoms with van der Waals surface area (Å²) < 4.78 is 40.3. The van der Waals surface area contributed by atoms with E-state index in [1.807, 2.05) is 33.8 Å². The van der Waals surface area contributed by atoms with E-state index in [1.54, 1.807) is 37.4 Å². The first-order valence-electron chi connectivity index (χ1n) is 9.85. The van der Waals surface area contributed by atoms with Gasteiger partial charge in [-0.15, -0.1) is 0 Å². The lowest BCUT2D eigenvalue weighted by molar-refractivity contribution is 0.00578. The molecule has 0 bridgehead atoms. The summed E-state index contributed by atoms with van der Waals surface area (Å²) in [7, 11) is -2.58. The Bertz CT molecular complexity index is 973. The zero-order chi connectivity index (χ0) is 22.2. The van der Waals surface area contributed by atoms with E-state index < -0.39 is 28.3 Å². The Labute approximate surface area is 179 Å². The molecule has 162 valence electrons. The number of aliphatic hydroxyl groups excluding tert-OH is 1. The molecule has 1 atom stereocenters. The van der Waals surface area contributed by atoms with Crippen LogP contribution in [0.5, 0.6) is 0 Å². The lowest BCUT2D eigenvalue weighted by Crippen LogP contribution is -2.41. The average molecular weight is 432 g/mol. The normalized spacial score (nSPS) is 18.9. The van der Waals surface area contributed by atoms with E-state index in [9.17, 15) is 13.5 Å².